The zero-order valence-corrected chi connectivity index (χ0v) is 17.4. The van der Waals surface area contributed by atoms with Crippen molar-refractivity contribution in [1.82, 2.24) is 9.78 Å². The Kier molecular flexibility index (Phi) is 5.84. The maximum atomic E-state index is 5.54. The quantitative estimate of drug-likeness (QED) is 0.598. The van der Waals surface area contributed by atoms with Gasteiger partial charge >= 0.3 is 0 Å². The highest BCUT2D eigenvalue weighted by atomic mass is 32.1. The zero-order valence-electron chi connectivity index (χ0n) is 15.7. The standard InChI is InChI=1S/C19H22N6OS2/c1-26-16-7-3-2-6-15(16)21-18-22-25(19(27)28-18)14-23-10-12-24(13-11-23)17-8-4-5-9-20-17/h2-9H,10-14H2,1H3,(H,21,22)/p+2. The topological polar surface area (TPSA) is 60.9 Å². The maximum Gasteiger partial charge on any atom is 0.274 e. The Balaban J connectivity index is 1.38. The van der Waals surface area contributed by atoms with Crippen molar-refractivity contribution in [3.05, 3.63) is 52.6 Å². The predicted molar refractivity (Wildman–Crippen MR) is 113 cm³/mol. The van der Waals surface area contributed by atoms with E-state index in [1.165, 1.54) is 22.1 Å². The Bertz CT molecular complexity index is 966. The van der Waals surface area contributed by atoms with Crippen LogP contribution in [0.25, 0.3) is 0 Å². The van der Waals surface area contributed by atoms with E-state index in [-0.39, 0.29) is 0 Å². The molecule has 0 atom stereocenters. The molecule has 0 radical (unpaired) electrons. The van der Waals surface area contributed by atoms with Crippen LogP contribution < -0.4 is 24.8 Å². The first-order valence-corrected chi connectivity index (χ1v) is 10.5. The van der Waals surface area contributed by atoms with Gasteiger partial charge in [-0.2, -0.15) is 4.68 Å². The van der Waals surface area contributed by atoms with Crippen LogP contribution in [-0.4, -0.2) is 43.1 Å². The van der Waals surface area contributed by atoms with Gasteiger partial charge in [-0.05, 0) is 30.4 Å². The molecule has 1 aliphatic rings. The van der Waals surface area contributed by atoms with E-state index in [0.29, 0.717) is 0 Å². The monoisotopic (exact) mass is 416 g/mol. The largest absolute Gasteiger partial charge is 0.495 e. The minimum absolute atomic E-state index is 0.781. The average Bonchev–Trinajstić information content (AvgIpc) is 3.08. The Morgan fingerprint density at radius 3 is 2.75 bits per heavy atom. The zero-order chi connectivity index (χ0) is 19.3. The summed E-state index contributed by atoms with van der Waals surface area (Å²) >= 11 is 7.02. The number of aromatic amines is 1. The van der Waals surface area contributed by atoms with Gasteiger partial charge < -0.3 is 15.0 Å². The lowest BCUT2D eigenvalue weighted by molar-refractivity contribution is -0.924. The molecular weight excluding hydrogens is 392 g/mol. The molecule has 3 aromatic rings. The van der Waals surface area contributed by atoms with Crippen molar-refractivity contribution in [2.45, 2.75) is 6.67 Å². The molecule has 0 unspecified atom stereocenters. The van der Waals surface area contributed by atoms with Gasteiger partial charge in [0.2, 0.25) is 5.13 Å². The van der Waals surface area contributed by atoms with Crippen LogP contribution in [0.5, 0.6) is 5.75 Å². The van der Waals surface area contributed by atoms with Crippen LogP contribution in [0.15, 0.2) is 48.7 Å². The molecule has 9 heteroatoms. The number of nitrogens with one attached hydrogen (secondary N) is 3. The highest BCUT2D eigenvalue weighted by Crippen LogP contribution is 2.28. The van der Waals surface area contributed by atoms with Crippen LogP contribution in [0.1, 0.15) is 0 Å². The molecule has 0 saturated carbocycles. The molecular formula is C19H24N6OS2+2. The number of aromatic nitrogens is 3. The van der Waals surface area contributed by atoms with Crippen molar-refractivity contribution < 1.29 is 14.6 Å². The minimum Gasteiger partial charge on any atom is -0.495 e. The third-order valence-corrected chi connectivity index (χ3v) is 6.06. The molecule has 3 heterocycles. The molecule has 1 fully saturated rings. The summed E-state index contributed by atoms with van der Waals surface area (Å²) in [6, 6.07) is 14.0. The molecule has 0 spiro atoms. The van der Waals surface area contributed by atoms with Crippen LogP contribution in [0, 0.1) is 3.95 Å². The number of pyridine rings is 1. The number of rotatable bonds is 6. The van der Waals surface area contributed by atoms with Crippen molar-refractivity contribution >= 4 is 40.2 Å². The molecule has 4 rings (SSSR count). The number of ether oxygens (including phenoxy) is 1. The van der Waals surface area contributed by atoms with E-state index < -0.39 is 0 Å². The fourth-order valence-corrected chi connectivity index (χ4v) is 4.35. The molecule has 1 aliphatic heterocycles. The van der Waals surface area contributed by atoms with Gasteiger partial charge in [-0.15, -0.1) is 5.10 Å². The number of anilines is 3. The normalized spacial score (nSPS) is 14.8. The summed E-state index contributed by atoms with van der Waals surface area (Å²) in [6.45, 7) is 4.92. The molecule has 28 heavy (non-hydrogen) atoms. The molecule has 0 bridgehead atoms. The summed E-state index contributed by atoms with van der Waals surface area (Å²) in [5, 5.41) is 8.78. The highest BCUT2D eigenvalue weighted by Gasteiger charge is 2.26. The van der Waals surface area contributed by atoms with E-state index in [0.717, 1.165) is 53.4 Å². The first-order valence-electron chi connectivity index (χ1n) is 9.26. The number of quaternary nitrogens is 1. The van der Waals surface area contributed by atoms with Crippen molar-refractivity contribution in [1.29, 1.82) is 0 Å². The fourth-order valence-electron chi connectivity index (χ4n) is 3.33. The molecule has 1 aromatic carbocycles. The van der Waals surface area contributed by atoms with E-state index in [1.54, 1.807) is 7.11 Å². The Morgan fingerprint density at radius 1 is 1.21 bits per heavy atom. The summed E-state index contributed by atoms with van der Waals surface area (Å²) in [5.41, 5.74) is 0.890. The number of para-hydroxylation sites is 2. The summed E-state index contributed by atoms with van der Waals surface area (Å²) in [6.07, 6.45) is 1.97. The van der Waals surface area contributed by atoms with Crippen molar-refractivity contribution in [3.8, 4) is 5.75 Å². The Morgan fingerprint density at radius 2 is 2.00 bits per heavy atom. The SMILES string of the molecule is COc1ccccc1Nc1nn(C[NH+]2CCN(c3cccc[nH+]3)CC2)c(=S)s1. The number of piperazine rings is 1. The van der Waals surface area contributed by atoms with Gasteiger partial charge in [0.25, 0.3) is 5.82 Å². The van der Waals surface area contributed by atoms with Gasteiger partial charge in [0.1, 0.15) is 31.9 Å². The number of nitrogens with zero attached hydrogens (tertiary/aromatic N) is 3. The van der Waals surface area contributed by atoms with Gasteiger partial charge in [-0.25, -0.2) is 4.98 Å². The molecule has 7 nitrogen and oxygen atoms in total. The predicted octanol–water partition coefficient (Wildman–Crippen LogP) is 1.60. The van der Waals surface area contributed by atoms with Gasteiger partial charge in [-0.3, -0.25) is 4.90 Å². The number of H-pyrrole nitrogens is 1. The highest BCUT2D eigenvalue weighted by molar-refractivity contribution is 7.73. The van der Waals surface area contributed by atoms with Gasteiger partial charge in [0.05, 0.1) is 19.0 Å². The Hall–Kier alpha value is -2.49. The smallest absolute Gasteiger partial charge is 0.274 e. The van der Waals surface area contributed by atoms with Crippen molar-refractivity contribution in [2.24, 2.45) is 0 Å². The lowest BCUT2D eigenvalue weighted by Crippen LogP contribution is -3.14. The molecule has 2 aromatic heterocycles. The van der Waals surface area contributed by atoms with Crippen molar-refractivity contribution in [2.75, 3.05) is 43.5 Å². The summed E-state index contributed by atoms with van der Waals surface area (Å²) < 4.78 is 8.10. The summed E-state index contributed by atoms with van der Waals surface area (Å²) in [7, 11) is 1.66. The van der Waals surface area contributed by atoms with Crippen LogP contribution >= 0.6 is 23.6 Å². The van der Waals surface area contributed by atoms with Gasteiger partial charge in [0, 0.05) is 6.07 Å². The molecule has 3 N–H and O–H groups in total. The molecule has 0 amide bonds. The number of hydrogen-bond donors (Lipinski definition) is 2. The van der Waals surface area contributed by atoms with E-state index >= 15 is 0 Å². The first kappa shape index (κ1) is 18.9. The second-order valence-corrected chi connectivity index (χ2v) is 8.26. The second-order valence-electron chi connectivity index (χ2n) is 6.64. The van der Waals surface area contributed by atoms with Crippen LogP contribution in [0.4, 0.5) is 16.6 Å². The third kappa shape index (κ3) is 4.32. The molecule has 146 valence electrons. The maximum absolute atomic E-state index is 5.54. The van der Waals surface area contributed by atoms with E-state index in [4.69, 9.17) is 17.0 Å². The fraction of sp³-hybridized carbons (Fsp3) is 0.316. The lowest BCUT2D eigenvalue weighted by atomic mass is 10.3. The minimum atomic E-state index is 0.781. The van der Waals surface area contributed by atoms with Crippen molar-refractivity contribution in [3.63, 3.8) is 0 Å². The van der Waals surface area contributed by atoms with E-state index in [2.05, 4.69) is 32.4 Å². The van der Waals surface area contributed by atoms with E-state index in [9.17, 15) is 0 Å². The first-order chi connectivity index (χ1) is 13.7. The van der Waals surface area contributed by atoms with Gasteiger partial charge in [0.15, 0.2) is 10.6 Å². The van der Waals surface area contributed by atoms with Crippen LogP contribution in [0.3, 0.4) is 0 Å². The number of methoxy groups -OCH3 is 1. The third-order valence-electron chi connectivity index (χ3n) is 4.83. The Labute approximate surface area is 173 Å². The molecule has 0 aliphatic carbocycles. The number of benzene rings is 1. The van der Waals surface area contributed by atoms with E-state index in [1.807, 2.05) is 41.2 Å². The van der Waals surface area contributed by atoms with Gasteiger partial charge in [-0.1, -0.05) is 29.5 Å². The number of hydrogen-bond acceptors (Lipinski definition) is 6. The lowest BCUT2D eigenvalue weighted by Gasteiger charge is -2.27. The summed E-state index contributed by atoms with van der Waals surface area (Å²) in [4.78, 5) is 7.18. The van der Waals surface area contributed by atoms with Crippen LogP contribution in [-0.2, 0) is 6.67 Å². The second kappa shape index (κ2) is 8.68. The average molecular weight is 417 g/mol. The van der Waals surface area contributed by atoms with Crippen LogP contribution in [0.2, 0.25) is 0 Å². The molecule has 1 saturated heterocycles. The summed E-state index contributed by atoms with van der Waals surface area (Å²) in [5.74, 6) is 1.96.